The van der Waals surface area contributed by atoms with E-state index in [4.69, 9.17) is 9.47 Å². The first kappa shape index (κ1) is 19.1. The zero-order chi connectivity index (χ0) is 18.8. The lowest BCUT2D eigenvalue weighted by Crippen LogP contribution is -2.58. The summed E-state index contributed by atoms with van der Waals surface area (Å²) in [5.74, 6) is -0.340. The van der Waals surface area contributed by atoms with Crippen molar-refractivity contribution in [2.75, 3.05) is 38.7 Å². The highest BCUT2D eigenvalue weighted by Gasteiger charge is 2.47. The molecule has 5 nitrogen and oxygen atoms in total. The molecular formula is C18H23F3N2O3. The molecule has 1 aromatic carbocycles. The van der Waals surface area contributed by atoms with E-state index in [1.54, 1.807) is 7.11 Å². The molecular weight excluding hydrogens is 349 g/mol. The van der Waals surface area contributed by atoms with Crippen LogP contribution < -0.4 is 5.32 Å². The van der Waals surface area contributed by atoms with Gasteiger partial charge in [0, 0.05) is 32.5 Å². The Morgan fingerprint density at radius 1 is 1.46 bits per heavy atom. The molecule has 1 N–H and O–H groups in total. The monoisotopic (exact) mass is 372 g/mol. The second kappa shape index (κ2) is 7.54. The van der Waals surface area contributed by atoms with E-state index in [0.717, 1.165) is 31.4 Å². The van der Waals surface area contributed by atoms with Gasteiger partial charge < -0.3 is 14.8 Å². The molecule has 0 aliphatic carbocycles. The van der Waals surface area contributed by atoms with E-state index in [0.29, 0.717) is 19.7 Å². The summed E-state index contributed by atoms with van der Waals surface area (Å²) in [6.45, 7) is 2.06. The third-order valence-electron chi connectivity index (χ3n) is 5.04. The van der Waals surface area contributed by atoms with Gasteiger partial charge in [-0.25, -0.2) is 0 Å². The van der Waals surface area contributed by atoms with Gasteiger partial charge in [0.2, 0.25) is 5.91 Å². The van der Waals surface area contributed by atoms with E-state index in [2.05, 4.69) is 5.32 Å². The number of anilines is 1. The molecule has 26 heavy (non-hydrogen) atoms. The normalized spacial score (nSPS) is 27.0. The van der Waals surface area contributed by atoms with Crippen LogP contribution in [0.3, 0.4) is 0 Å². The van der Waals surface area contributed by atoms with Crippen LogP contribution in [0.5, 0.6) is 0 Å². The standard InChI is InChI=1S/C18H23F3N2O3/c1-25-15-6-8-23(12-17(15)7-3-9-26-17)11-16(24)22-14-5-2-4-13(10-14)18(19,20)21/h2,4-5,10,15H,3,6-9,11-12H2,1H3,(H,22,24). The van der Waals surface area contributed by atoms with E-state index in [-0.39, 0.29) is 29.8 Å². The van der Waals surface area contributed by atoms with Crippen molar-refractivity contribution in [2.24, 2.45) is 0 Å². The molecule has 8 heteroatoms. The molecule has 2 saturated heterocycles. The lowest BCUT2D eigenvalue weighted by molar-refractivity contribution is -0.146. The van der Waals surface area contributed by atoms with E-state index >= 15 is 0 Å². The van der Waals surface area contributed by atoms with Crippen molar-refractivity contribution in [1.82, 2.24) is 4.90 Å². The van der Waals surface area contributed by atoms with E-state index in [9.17, 15) is 18.0 Å². The van der Waals surface area contributed by atoms with Crippen LogP contribution in [0.4, 0.5) is 18.9 Å². The fourth-order valence-electron chi connectivity index (χ4n) is 3.86. The molecule has 2 unspecified atom stereocenters. The third kappa shape index (κ3) is 4.19. The summed E-state index contributed by atoms with van der Waals surface area (Å²) < 4.78 is 49.8. The number of hydrogen-bond donors (Lipinski definition) is 1. The van der Waals surface area contributed by atoms with Gasteiger partial charge in [-0.2, -0.15) is 13.2 Å². The molecule has 2 heterocycles. The van der Waals surface area contributed by atoms with Gasteiger partial charge in [-0.15, -0.1) is 0 Å². The Bertz CT molecular complexity index is 645. The van der Waals surface area contributed by atoms with Crippen molar-refractivity contribution in [3.05, 3.63) is 29.8 Å². The first-order valence-electron chi connectivity index (χ1n) is 8.69. The molecule has 0 bridgehead atoms. The minimum atomic E-state index is -4.44. The van der Waals surface area contributed by atoms with Crippen LogP contribution in [0.15, 0.2) is 24.3 Å². The fourth-order valence-corrected chi connectivity index (χ4v) is 3.86. The van der Waals surface area contributed by atoms with Crippen LogP contribution in [-0.4, -0.2) is 55.9 Å². The van der Waals surface area contributed by atoms with Crippen LogP contribution >= 0.6 is 0 Å². The highest BCUT2D eigenvalue weighted by molar-refractivity contribution is 5.92. The second-order valence-corrected chi connectivity index (χ2v) is 6.87. The molecule has 1 aromatic rings. The first-order valence-corrected chi connectivity index (χ1v) is 8.69. The number of ether oxygens (including phenoxy) is 2. The van der Waals surface area contributed by atoms with Crippen LogP contribution in [0.25, 0.3) is 0 Å². The Hall–Kier alpha value is -1.64. The van der Waals surface area contributed by atoms with Gasteiger partial charge in [0.25, 0.3) is 0 Å². The highest BCUT2D eigenvalue weighted by Crippen LogP contribution is 2.36. The van der Waals surface area contributed by atoms with Crippen molar-refractivity contribution in [2.45, 2.75) is 37.1 Å². The summed E-state index contributed by atoms with van der Waals surface area (Å²) in [7, 11) is 1.67. The maximum atomic E-state index is 12.8. The minimum Gasteiger partial charge on any atom is -0.378 e. The summed E-state index contributed by atoms with van der Waals surface area (Å²) in [6.07, 6.45) is -1.82. The van der Waals surface area contributed by atoms with Gasteiger partial charge in [0.15, 0.2) is 0 Å². The summed E-state index contributed by atoms with van der Waals surface area (Å²) in [5, 5.41) is 2.55. The molecule has 3 rings (SSSR count). The Labute approximate surface area is 150 Å². The predicted molar refractivity (Wildman–Crippen MR) is 89.8 cm³/mol. The van der Waals surface area contributed by atoms with Crippen LogP contribution in [-0.2, 0) is 20.4 Å². The van der Waals surface area contributed by atoms with Gasteiger partial charge in [-0.3, -0.25) is 9.69 Å². The molecule has 0 saturated carbocycles. The molecule has 144 valence electrons. The van der Waals surface area contributed by atoms with E-state index < -0.39 is 11.7 Å². The summed E-state index contributed by atoms with van der Waals surface area (Å²) in [6, 6.07) is 4.65. The van der Waals surface area contributed by atoms with Crippen LogP contribution in [0.1, 0.15) is 24.8 Å². The Balaban J connectivity index is 1.60. The van der Waals surface area contributed by atoms with Gasteiger partial charge in [0.05, 0.1) is 18.2 Å². The maximum absolute atomic E-state index is 12.8. The highest BCUT2D eigenvalue weighted by atomic mass is 19.4. The number of hydrogen-bond acceptors (Lipinski definition) is 4. The maximum Gasteiger partial charge on any atom is 0.416 e. The summed E-state index contributed by atoms with van der Waals surface area (Å²) in [4.78, 5) is 14.3. The van der Waals surface area contributed by atoms with Crippen molar-refractivity contribution in [3.63, 3.8) is 0 Å². The average Bonchev–Trinajstić information content (AvgIpc) is 3.03. The van der Waals surface area contributed by atoms with Crippen LogP contribution in [0, 0.1) is 0 Å². The van der Waals surface area contributed by atoms with Crippen molar-refractivity contribution in [1.29, 1.82) is 0 Å². The Kier molecular flexibility index (Phi) is 5.55. The lowest BCUT2D eigenvalue weighted by Gasteiger charge is -2.44. The quantitative estimate of drug-likeness (QED) is 0.883. The molecule has 2 fully saturated rings. The number of carbonyl (C=O) groups is 1. The second-order valence-electron chi connectivity index (χ2n) is 6.87. The topological polar surface area (TPSA) is 50.8 Å². The van der Waals surface area contributed by atoms with Crippen molar-refractivity contribution < 1.29 is 27.4 Å². The summed E-state index contributed by atoms with van der Waals surface area (Å²) >= 11 is 0. The summed E-state index contributed by atoms with van der Waals surface area (Å²) in [5.41, 5.74) is -1.03. The molecule has 2 aliphatic heterocycles. The first-order chi connectivity index (χ1) is 12.3. The Morgan fingerprint density at radius 2 is 2.27 bits per heavy atom. The van der Waals surface area contributed by atoms with Crippen LogP contribution in [0.2, 0.25) is 0 Å². The predicted octanol–water partition coefficient (Wildman–Crippen LogP) is 2.91. The van der Waals surface area contributed by atoms with Gasteiger partial charge in [-0.05, 0) is 37.5 Å². The number of rotatable bonds is 4. The zero-order valence-corrected chi connectivity index (χ0v) is 14.6. The number of methoxy groups -OCH3 is 1. The molecule has 0 radical (unpaired) electrons. The largest absolute Gasteiger partial charge is 0.416 e. The van der Waals surface area contributed by atoms with Gasteiger partial charge in [-0.1, -0.05) is 6.07 Å². The van der Waals surface area contributed by atoms with E-state index in [1.807, 2.05) is 4.90 Å². The third-order valence-corrected chi connectivity index (χ3v) is 5.04. The number of carbonyl (C=O) groups excluding carboxylic acids is 1. The lowest BCUT2D eigenvalue weighted by atomic mass is 9.87. The SMILES string of the molecule is COC1CCN(CC(=O)Nc2cccc(C(F)(F)F)c2)CC12CCCO2. The number of amides is 1. The molecule has 1 amide bonds. The van der Waals surface area contributed by atoms with Gasteiger partial charge >= 0.3 is 6.18 Å². The number of alkyl halides is 3. The van der Waals surface area contributed by atoms with E-state index in [1.165, 1.54) is 12.1 Å². The number of benzene rings is 1. The zero-order valence-electron chi connectivity index (χ0n) is 14.6. The van der Waals surface area contributed by atoms with Crippen molar-refractivity contribution in [3.8, 4) is 0 Å². The minimum absolute atomic E-state index is 0.00720. The smallest absolute Gasteiger partial charge is 0.378 e. The van der Waals surface area contributed by atoms with Crippen molar-refractivity contribution >= 4 is 11.6 Å². The average molecular weight is 372 g/mol. The number of nitrogens with zero attached hydrogens (tertiary/aromatic N) is 1. The number of likely N-dealkylation sites (tertiary alicyclic amines) is 1. The molecule has 0 aromatic heterocycles. The molecule has 2 aliphatic rings. The fraction of sp³-hybridized carbons (Fsp3) is 0.611. The molecule has 1 spiro atoms. The van der Waals surface area contributed by atoms with Gasteiger partial charge in [0.1, 0.15) is 5.60 Å². The number of halogens is 3. The number of nitrogens with one attached hydrogen (secondary N) is 1. The molecule has 2 atom stereocenters. The number of piperidine rings is 1. The Morgan fingerprint density at radius 3 is 2.92 bits per heavy atom.